The molecule has 1 aromatic carbocycles. The fraction of sp³-hybridized carbons (Fsp3) is 0.381. The molecule has 28 heavy (non-hydrogen) atoms. The van der Waals surface area contributed by atoms with Crippen LogP contribution in [-0.4, -0.2) is 50.8 Å². The van der Waals surface area contributed by atoms with Gasteiger partial charge in [-0.05, 0) is 36.3 Å². The number of imidazole rings is 1. The van der Waals surface area contributed by atoms with Crippen LogP contribution in [0.1, 0.15) is 12.8 Å². The smallest absolute Gasteiger partial charge is 0.228 e. The highest BCUT2D eigenvalue weighted by molar-refractivity contribution is 5.92. The van der Waals surface area contributed by atoms with Crippen LogP contribution < -0.4 is 4.90 Å². The minimum Gasteiger partial charge on any atom is -0.378 e. The van der Waals surface area contributed by atoms with E-state index in [9.17, 15) is 0 Å². The number of anilines is 1. The van der Waals surface area contributed by atoms with Gasteiger partial charge in [-0.15, -0.1) is 0 Å². The second-order valence-corrected chi connectivity index (χ2v) is 7.76. The van der Waals surface area contributed by atoms with Gasteiger partial charge in [-0.25, -0.2) is 9.97 Å². The molecular weight excluding hydrogens is 352 g/mol. The third kappa shape index (κ3) is 2.74. The SMILES string of the molecule is c1cc2ccc(-c3nc(N4CCOCC4)nc4c3ncn4CC3CC3)cc2[nH]1. The Kier molecular flexibility index (Phi) is 3.62. The van der Waals surface area contributed by atoms with Gasteiger partial charge in [-0.3, -0.25) is 0 Å². The molecule has 2 fully saturated rings. The number of rotatable bonds is 4. The number of ether oxygens (including phenoxy) is 1. The van der Waals surface area contributed by atoms with Crippen molar-refractivity contribution < 1.29 is 4.74 Å². The Hall–Kier alpha value is -2.93. The normalized spacial score (nSPS) is 17.6. The summed E-state index contributed by atoms with van der Waals surface area (Å²) in [6.07, 6.45) is 6.50. The van der Waals surface area contributed by atoms with E-state index in [2.05, 4.69) is 38.7 Å². The molecule has 1 N–H and O–H groups in total. The van der Waals surface area contributed by atoms with Crippen molar-refractivity contribution in [3.63, 3.8) is 0 Å². The highest BCUT2D eigenvalue weighted by atomic mass is 16.5. The van der Waals surface area contributed by atoms with Crippen molar-refractivity contribution >= 4 is 28.0 Å². The number of aromatic amines is 1. The zero-order chi connectivity index (χ0) is 18.5. The van der Waals surface area contributed by atoms with Crippen LogP contribution in [0.4, 0.5) is 5.95 Å². The Labute approximate surface area is 162 Å². The lowest BCUT2D eigenvalue weighted by Crippen LogP contribution is -2.37. The maximum Gasteiger partial charge on any atom is 0.228 e. The van der Waals surface area contributed by atoms with Crippen LogP contribution in [0.25, 0.3) is 33.3 Å². The Morgan fingerprint density at radius 3 is 2.86 bits per heavy atom. The van der Waals surface area contributed by atoms with Gasteiger partial charge in [0.1, 0.15) is 11.2 Å². The van der Waals surface area contributed by atoms with E-state index in [1.54, 1.807) is 0 Å². The molecular formula is C21H22N6O. The third-order valence-electron chi connectivity index (χ3n) is 5.73. The van der Waals surface area contributed by atoms with E-state index in [-0.39, 0.29) is 0 Å². The lowest BCUT2D eigenvalue weighted by Gasteiger charge is -2.27. The fourth-order valence-electron chi connectivity index (χ4n) is 3.95. The summed E-state index contributed by atoms with van der Waals surface area (Å²) in [5.41, 5.74) is 4.88. The van der Waals surface area contributed by atoms with Crippen LogP contribution in [0.5, 0.6) is 0 Å². The van der Waals surface area contributed by atoms with E-state index in [0.717, 1.165) is 59.4 Å². The molecule has 7 nitrogen and oxygen atoms in total. The van der Waals surface area contributed by atoms with Gasteiger partial charge in [0.15, 0.2) is 5.65 Å². The summed E-state index contributed by atoms with van der Waals surface area (Å²) in [6, 6.07) is 8.49. The van der Waals surface area contributed by atoms with Crippen LogP contribution in [0.15, 0.2) is 36.8 Å². The first-order chi connectivity index (χ1) is 13.8. The molecule has 1 aliphatic carbocycles. The van der Waals surface area contributed by atoms with E-state index in [1.807, 2.05) is 12.5 Å². The topological polar surface area (TPSA) is 71.9 Å². The summed E-state index contributed by atoms with van der Waals surface area (Å²) >= 11 is 0. The van der Waals surface area contributed by atoms with Crippen molar-refractivity contribution in [2.24, 2.45) is 5.92 Å². The molecule has 2 aliphatic rings. The van der Waals surface area contributed by atoms with E-state index in [1.165, 1.54) is 18.2 Å². The number of hydrogen-bond acceptors (Lipinski definition) is 5. The van der Waals surface area contributed by atoms with Gasteiger partial charge in [-0.2, -0.15) is 4.98 Å². The second kappa shape index (κ2) is 6.31. The number of nitrogens with zero attached hydrogens (tertiary/aromatic N) is 5. The van der Waals surface area contributed by atoms with Gasteiger partial charge in [0.2, 0.25) is 5.95 Å². The Balaban J connectivity index is 1.53. The largest absolute Gasteiger partial charge is 0.378 e. The number of aromatic nitrogens is 5. The van der Waals surface area contributed by atoms with Crippen molar-refractivity contribution in [2.75, 3.05) is 31.2 Å². The molecule has 0 spiro atoms. The Bertz CT molecular complexity index is 1150. The lowest BCUT2D eigenvalue weighted by molar-refractivity contribution is 0.122. The third-order valence-corrected chi connectivity index (χ3v) is 5.73. The maximum absolute atomic E-state index is 5.51. The predicted molar refractivity (Wildman–Crippen MR) is 108 cm³/mol. The fourth-order valence-corrected chi connectivity index (χ4v) is 3.95. The molecule has 0 unspecified atom stereocenters. The number of fused-ring (bicyclic) bond motifs is 2. The lowest BCUT2D eigenvalue weighted by atomic mass is 10.1. The molecule has 142 valence electrons. The molecule has 1 saturated heterocycles. The van der Waals surface area contributed by atoms with Crippen molar-refractivity contribution in [3.05, 3.63) is 36.8 Å². The molecule has 4 heterocycles. The summed E-state index contributed by atoms with van der Waals surface area (Å²) in [6.45, 7) is 4.05. The summed E-state index contributed by atoms with van der Waals surface area (Å²) in [4.78, 5) is 20.1. The first kappa shape index (κ1) is 16.1. The monoisotopic (exact) mass is 374 g/mol. The van der Waals surface area contributed by atoms with E-state index in [0.29, 0.717) is 13.2 Å². The molecule has 4 aromatic rings. The van der Waals surface area contributed by atoms with Gasteiger partial charge in [-0.1, -0.05) is 12.1 Å². The number of morpholine rings is 1. The van der Waals surface area contributed by atoms with Gasteiger partial charge < -0.3 is 19.2 Å². The summed E-state index contributed by atoms with van der Waals surface area (Å²) in [5.74, 6) is 1.54. The van der Waals surface area contributed by atoms with Gasteiger partial charge in [0.05, 0.1) is 19.5 Å². The summed E-state index contributed by atoms with van der Waals surface area (Å²) in [5, 5.41) is 1.20. The zero-order valence-electron chi connectivity index (χ0n) is 15.6. The number of benzene rings is 1. The van der Waals surface area contributed by atoms with Crippen molar-refractivity contribution in [1.29, 1.82) is 0 Å². The van der Waals surface area contributed by atoms with E-state index < -0.39 is 0 Å². The maximum atomic E-state index is 5.51. The van der Waals surface area contributed by atoms with Gasteiger partial charge in [0.25, 0.3) is 0 Å². The van der Waals surface area contributed by atoms with E-state index in [4.69, 9.17) is 19.7 Å². The molecule has 3 aromatic heterocycles. The Morgan fingerprint density at radius 1 is 1.11 bits per heavy atom. The molecule has 1 aliphatic heterocycles. The quantitative estimate of drug-likeness (QED) is 0.594. The van der Waals surface area contributed by atoms with Crippen LogP contribution in [0.2, 0.25) is 0 Å². The number of H-pyrrole nitrogens is 1. The van der Waals surface area contributed by atoms with Crippen molar-refractivity contribution in [2.45, 2.75) is 19.4 Å². The zero-order valence-corrected chi connectivity index (χ0v) is 15.6. The van der Waals surface area contributed by atoms with Crippen molar-refractivity contribution in [1.82, 2.24) is 24.5 Å². The highest BCUT2D eigenvalue weighted by Crippen LogP contribution is 2.34. The predicted octanol–water partition coefficient (Wildman–Crippen LogP) is 3.22. The van der Waals surface area contributed by atoms with Gasteiger partial charge in [0, 0.05) is 36.9 Å². The molecule has 0 bridgehead atoms. The first-order valence-electron chi connectivity index (χ1n) is 9.98. The summed E-state index contributed by atoms with van der Waals surface area (Å²) in [7, 11) is 0. The van der Waals surface area contributed by atoms with Crippen molar-refractivity contribution in [3.8, 4) is 11.3 Å². The minimum atomic E-state index is 0.715. The Morgan fingerprint density at radius 2 is 2.00 bits per heavy atom. The molecule has 6 rings (SSSR count). The molecule has 0 atom stereocenters. The van der Waals surface area contributed by atoms with Crippen LogP contribution in [0.3, 0.4) is 0 Å². The van der Waals surface area contributed by atoms with E-state index >= 15 is 0 Å². The number of hydrogen-bond donors (Lipinski definition) is 1. The highest BCUT2D eigenvalue weighted by Gasteiger charge is 2.25. The molecule has 0 amide bonds. The average molecular weight is 374 g/mol. The van der Waals surface area contributed by atoms with Crippen LogP contribution >= 0.6 is 0 Å². The number of nitrogens with one attached hydrogen (secondary N) is 1. The molecule has 0 radical (unpaired) electrons. The van der Waals surface area contributed by atoms with Gasteiger partial charge >= 0.3 is 0 Å². The average Bonchev–Trinajstić information content (AvgIpc) is 3.28. The van der Waals surface area contributed by atoms with Crippen LogP contribution in [0, 0.1) is 5.92 Å². The second-order valence-electron chi connectivity index (χ2n) is 7.76. The standard InChI is InChI=1S/C21H22N6O/c1-2-14(1)12-27-13-23-19-18(16-4-3-15-5-6-22-17(15)11-16)24-21(25-20(19)27)26-7-9-28-10-8-26/h3-6,11,13-14,22H,1-2,7-10,12H2. The molecule has 1 saturated carbocycles. The first-order valence-corrected chi connectivity index (χ1v) is 9.98. The van der Waals surface area contributed by atoms with Crippen LogP contribution in [-0.2, 0) is 11.3 Å². The molecule has 7 heteroatoms. The summed E-state index contributed by atoms with van der Waals surface area (Å²) < 4.78 is 7.72. The minimum absolute atomic E-state index is 0.715.